The van der Waals surface area contributed by atoms with E-state index in [4.69, 9.17) is 0 Å². The summed E-state index contributed by atoms with van der Waals surface area (Å²) < 4.78 is 39.9. The fourth-order valence-electron chi connectivity index (χ4n) is 3.76. The van der Waals surface area contributed by atoms with Crippen LogP contribution in [-0.2, 0) is 19.6 Å². The van der Waals surface area contributed by atoms with Crippen LogP contribution in [0, 0.1) is 17.7 Å². The highest BCUT2D eigenvalue weighted by atomic mass is 32.2. The number of aliphatic carboxylic acids is 1. The lowest BCUT2D eigenvalue weighted by molar-refractivity contribution is -0.147. The van der Waals surface area contributed by atoms with Gasteiger partial charge in [0.05, 0.1) is 16.7 Å². The molecule has 1 aromatic carbocycles. The van der Waals surface area contributed by atoms with E-state index in [1.807, 2.05) is 0 Å². The molecule has 2 aliphatic rings. The van der Waals surface area contributed by atoms with Gasteiger partial charge < -0.3 is 10.0 Å². The number of carboxylic acids is 1. The highest BCUT2D eigenvalue weighted by molar-refractivity contribution is 7.89. The third kappa shape index (κ3) is 4.30. The minimum atomic E-state index is -3.80. The van der Waals surface area contributed by atoms with E-state index in [1.165, 1.54) is 16.4 Å². The monoisotopic (exact) mass is 398 g/mol. The zero-order valence-electron chi connectivity index (χ0n) is 14.9. The van der Waals surface area contributed by atoms with Crippen LogP contribution in [0.25, 0.3) is 0 Å². The van der Waals surface area contributed by atoms with Crippen LogP contribution in [0.2, 0.25) is 0 Å². The molecule has 0 radical (unpaired) electrons. The van der Waals surface area contributed by atoms with Gasteiger partial charge in [-0.2, -0.15) is 4.31 Å². The fraction of sp³-hybridized carbons (Fsp3) is 0.556. The van der Waals surface area contributed by atoms with E-state index in [9.17, 15) is 27.5 Å². The molecule has 2 unspecified atom stereocenters. The maximum absolute atomic E-state index is 13.1. The van der Waals surface area contributed by atoms with Crippen molar-refractivity contribution in [3.8, 4) is 0 Å². The molecule has 2 heterocycles. The van der Waals surface area contributed by atoms with Gasteiger partial charge >= 0.3 is 5.97 Å². The molecule has 0 spiro atoms. The van der Waals surface area contributed by atoms with E-state index in [-0.39, 0.29) is 23.9 Å². The van der Waals surface area contributed by atoms with E-state index in [0.717, 1.165) is 12.1 Å². The lowest BCUT2D eigenvalue weighted by Gasteiger charge is -2.37. The van der Waals surface area contributed by atoms with E-state index >= 15 is 0 Å². The van der Waals surface area contributed by atoms with Crippen molar-refractivity contribution in [2.75, 3.05) is 26.2 Å². The predicted molar refractivity (Wildman–Crippen MR) is 94.8 cm³/mol. The summed E-state index contributed by atoms with van der Waals surface area (Å²) in [5.41, 5.74) is 0. The normalized spacial score (nSPS) is 24.6. The molecule has 1 aromatic rings. The molecule has 0 saturated carbocycles. The summed E-state index contributed by atoms with van der Waals surface area (Å²) in [5.74, 6) is -2.65. The summed E-state index contributed by atoms with van der Waals surface area (Å²) in [7, 11) is -3.80. The second kappa shape index (κ2) is 7.93. The lowest BCUT2D eigenvalue weighted by atomic mass is 9.94. The van der Waals surface area contributed by atoms with Crippen molar-refractivity contribution in [1.29, 1.82) is 0 Å². The Kier molecular flexibility index (Phi) is 5.81. The van der Waals surface area contributed by atoms with Crippen molar-refractivity contribution in [2.45, 2.75) is 30.6 Å². The predicted octanol–water partition coefficient (Wildman–Crippen LogP) is 1.55. The summed E-state index contributed by atoms with van der Waals surface area (Å²) in [6, 6.07) is 4.63. The van der Waals surface area contributed by atoms with Gasteiger partial charge in [0.25, 0.3) is 0 Å². The molecular weight excluding hydrogens is 375 g/mol. The maximum Gasteiger partial charge on any atom is 0.308 e. The summed E-state index contributed by atoms with van der Waals surface area (Å²) in [5, 5.41) is 9.19. The Morgan fingerprint density at radius 3 is 2.30 bits per heavy atom. The molecule has 3 rings (SSSR count). The number of hydrogen-bond donors (Lipinski definition) is 1. The molecule has 7 nitrogen and oxygen atoms in total. The zero-order valence-corrected chi connectivity index (χ0v) is 15.7. The van der Waals surface area contributed by atoms with Crippen molar-refractivity contribution in [3.05, 3.63) is 30.1 Å². The number of amides is 1. The van der Waals surface area contributed by atoms with Gasteiger partial charge in [0.1, 0.15) is 5.82 Å². The van der Waals surface area contributed by atoms with Crippen molar-refractivity contribution in [3.63, 3.8) is 0 Å². The lowest BCUT2D eigenvalue weighted by Crippen LogP contribution is -2.49. The molecule has 1 N–H and O–H groups in total. The molecule has 2 saturated heterocycles. The minimum absolute atomic E-state index is 0.000845. The molecule has 148 valence electrons. The van der Waals surface area contributed by atoms with Gasteiger partial charge in [-0.1, -0.05) is 0 Å². The number of likely N-dealkylation sites (tertiary alicyclic amines) is 1. The first kappa shape index (κ1) is 19.8. The molecule has 27 heavy (non-hydrogen) atoms. The molecular formula is C18H23FN2O5S. The number of carboxylic acid groups (broad SMARTS) is 1. The zero-order chi connectivity index (χ0) is 19.6. The van der Waals surface area contributed by atoms with Crippen molar-refractivity contribution in [1.82, 2.24) is 9.21 Å². The Balaban J connectivity index is 1.71. The average molecular weight is 398 g/mol. The Labute approximate surface area is 157 Å². The first-order valence-corrected chi connectivity index (χ1v) is 10.5. The number of piperidine rings is 2. The van der Waals surface area contributed by atoms with Crippen molar-refractivity contribution < 1.29 is 27.5 Å². The van der Waals surface area contributed by atoms with Crippen molar-refractivity contribution in [2.24, 2.45) is 11.8 Å². The number of sulfonamides is 1. The van der Waals surface area contributed by atoms with Crippen LogP contribution >= 0.6 is 0 Å². The standard InChI is InChI=1S/C18H23FN2O5S/c19-15-5-7-16(8-6-15)27(25,26)21-10-2-3-13(12-21)17(22)20-9-1-4-14(11-20)18(23)24/h5-8,13-14H,1-4,9-12H2,(H,23,24). The van der Waals surface area contributed by atoms with Crippen molar-refractivity contribution >= 4 is 21.9 Å². The smallest absolute Gasteiger partial charge is 0.308 e. The number of carbonyl (C=O) groups excluding carboxylic acids is 1. The maximum atomic E-state index is 13.1. The number of hydrogen-bond acceptors (Lipinski definition) is 4. The average Bonchev–Trinajstić information content (AvgIpc) is 2.68. The molecule has 9 heteroatoms. The number of halogens is 1. The fourth-order valence-corrected chi connectivity index (χ4v) is 5.28. The second-order valence-electron chi connectivity index (χ2n) is 7.12. The third-order valence-electron chi connectivity index (χ3n) is 5.27. The molecule has 0 aliphatic carbocycles. The summed E-state index contributed by atoms with van der Waals surface area (Å²) >= 11 is 0. The van der Waals surface area contributed by atoms with Gasteiger partial charge in [0.15, 0.2) is 0 Å². The van der Waals surface area contributed by atoms with E-state index in [0.29, 0.717) is 38.8 Å². The van der Waals surface area contributed by atoms with Crippen LogP contribution in [0.5, 0.6) is 0 Å². The Morgan fingerprint density at radius 2 is 1.63 bits per heavy atom. The first-order valence-electron chi connectivity index (χ1n) is 9.06. The van der Waals surface area contributed by atoms with Gasteiger partial charge in [-0.3, -0.25) is 9.59 Å². The second-order valence-corrected chi connectivity index (χ2v) is 9.06. The van der Waals surface area contributed by atoms with E-state index in [2.05, 4.69) is 0 Å². The van der Waals surface area contributed by atoms with Crippen LogP contribution < -0.4 is 0 Å². The molecule has 2 atom stereocenters. The summed E-state index contributed by atoms with van der Waals surface area (Å²) in [6.07, 6.45) is 2.30. The van der Waals surface area contributed by atoms with Gasteiger partial charge in [-0.15, -0.1) is 0 Å². The highest BCUT2D eigenvalue weighted by Crippen LogP contribution is 2.27. The van der Waals surface area contributed by atoms with Gasteiger partial charge in [-0.25, -0.2) is 12.8 Å². The molecule has 0 aromatic heterocycles. The van der Waals surface area contributed by atoms with Gasteiger partial charge in [-0.05, 0) is 49.9 Å². The largest absolute Gasteiger partial charge is 0.481 e. The van der Waals surface area contributed by atoms with Gasteiger partial charge in [0.2, 0.25) is 15.9 Å². The first-order chi connectivity index (χ1) is 12.8. The van der Waals surface area contributed by atoms with E-state index < -0.39 is 33.6 Å². The SMILES string of the molecule is O=C(O)C1CCCN(C(=O)C2CCCN(S(=O)(=O)c3ccc(F)cc3)C2)C1. The summed E-state index contributed by atoms with van der Waals surface area (Å²) in [4.78, 5) is 25.6. The van der Waals surface area contributed by atoms with Crippen LogP contribution in [0.3, 0.4) is 0 Å². The van der Waals surface area contributed by atoms with Crippen LogP contribution in [0.4, 0.5) is 4.39 Å². The Hall–Kier alpha value is -2.00. The number of carbonyl (C=O) groups is 2. The Morgan fingerprint density at radius 1 is 1.00 bits per heavy atom. The van der Waals surface area contributed by atoms with Crippen LogP contribution in [0.1, 0.15) is 25.7 Å². The molecule has 0 bridgehead atoms. The minimum Gasteiger partial charge on any atom is -0.481 e. The Bertz CT molecular complexity index is 812. The summed E-state index contributed by atoms with van der Waals surface area (Å²) in [6.45, 7) is 1.05. The van der Waals surface area contributed by atoms with E-state index in [1.54, 1.807) is 4.90 Å². The third-order valence-corrected chi connectivity index (χ3v) is 7.15. The topological polar surface area (TPSA) is 95.0 Å². The van der Waals surface area contributed by atoms with Gasteiger partial charge in [0, 0.05) is 26.2 Å². The molecule has 2 fully saturated rings. The number of nitrogens with zero attached hydrogens (tertiary/aromatic N) is 2. The molecule has 1 amide bonds. The highest BCUT2D eigenvalue weighted by Gasteiger charge is 2.37. The quantitative estimate of drug-likeness (QED) is 0.830. The van der Waals surface area contributed by atoms with Crippen LogP contribution in [-0.4, -0.2) is 60.8 Å². The number of benzene rings is 1. The molecule has 2 aliphatic heterocycles. The number of rotatable bonds is 4. The van der Waals surface area contributed by atoms with Crippen LogP contribution in [0.15, 0.2) is 29.2 Å².